The van der Waals surface area contributed by atoms with Crippen LogP contribution in [0.4, 0.5) is 4.79 Å². The molecule has 0 N–H and O–H groups in total. The highest BCUT2D eigenvalue weighted by Crippen LogP contribution is 2.15. The summed E-state index contributed by atoms with van der Waals surface area (Å²) >= 11 is 0. The third-order valence-corrected chi connectivity index (χ3v) is 3.45. The van der Waals surface area contributed by atoms with Crippen LogP contribution in [0, 0.1) is 0 Å². The van der Waals surface area contributed by atoms with E-state index in [0.29, 0.717) is 13.1 Å². The van der Waals surface area contributed by atoms with Crippen molar-refractivity contribution in [1.29, 1.82) is 0 Å². The van der Waals surface area contributed by atoms with E-state index in [2.05, 4.69) is 35.7 Å². The molecule has 0 atom stereocenters. The minimum Gasteiger partial charge on any atom is -0.444 e. The van der Waals surface area contributed by atoms with Gasteiger partial charge in [-0.25, -0.2) is 4.79 Å². The van der Waals surface area contributed by atoms with Gasteiger partial charge in [0.1, 0.15) is 5.60 Å². The maximum atomic E-state index is 12.2. The van der Waals surface area contributed by atoms with Crippen molar-refractivity contribution >= 4 is 6.09 Å². The summed E-state index contributed by atoms with van der Waals surface area (Å²) in [4.78, 5) is 16.3. The van der Waals surface area contributed by atoms with Gasteiger partial charge in [-0.15, -0.1) is 0 Å². The van der Waals surface area contributed by atoms with Gasteiger partial charge in [0.25, 0.3) is 0 Å². The second-order valence-electron chi connectivity index (χ2n) is 6.85. The Balaban J connectivity index is 1.95. The third-order valence-electron chi connectivity index (χ3n) is 3.45. The number of carbonyl (C=O) groups is 1. The summed E-state index contributed by atoms with van der Waals surface area (Å²) in [5, 5.41) is 0. The predicted octanol–water partition coefficient (Wildman–Crippen LogP) is 3.30. The summed E-state index contributed by atoms with van der Waals surface area (Å²) in [5.74, 6) is 0. The molecule has 1 aromatic carbocycles. The molecule has 1 fully saturated rings. The zero-order valence-electron chi connectivity index (χ0n) is 13.8. The quantitative estimate of drug-likeness (QED) is 0.786. The Kier molecular flexibility index (Phi) is 5.24. The van der Waals surface area contributed by atoms with Gasteiger partial charge in [0.05, 0.1) is 0 Å². The summed E-state index contributed by atoms with van der Waals surface area (Å²) < 4.78 is 5.46. The molecule has 0 bridgehead atoms. The van der Waals surface area contributed by atoms with Crippen LogP contribution >= 0.6 is 0 Å². The normalized spacial score (nSPS) is 17.2. The van der Waals surface area contributed by atoms with E-state index in [1.165, 1.54) is 5.56 Å². The molecule has 4 heteroatoms. The van der Waals surface area contributed by atoms with E-state index in [4.69, 9.17) is 4.74 Å². The van der Waals surface area contributed by atoms with Gasteiger partial charge in [0.15, 0.2) is 0 Å². The summed E-state index contributed by atoms with van der Waals surface area (Å²) in [6, 6.07) is 10.4. The average Bonchev–Trinajstić information content (AvgIpc) is 2.60. The zero-order chi connectivity index (χ0) is 16.2. The molecule has 1 amide bonds. The fourth-order valence-electron chi connectivity index (χ4n) is 2.52. The van der Waals surface area contributed by atoms with Gasteiger partial charge in [0.2, 0.25) is 0 Å². The highest BCUT2D eigenvalue weighted by atomic mass is 16.6. The molecule has 1 aromatic rings. The fraction of sp³-hybridized carbons (Fsp3) is 0.500. The number of carbonyl (C=O) groups excluding carboxylic acids is 1. The van der Waals surface area contributed by atoms with Crippen molar-refractivity contribution in [2.24, 2.45) is 0 Å². The molecular weight excluding hydrogens is 276 g/mol. The monoisotopic (exact) mass is 302 g/mol. The minimum atomic E-state index is -0.464. The number of nitrogens with zero attached hydrogens (tertiary/aromatic N) is 2. The number of hydrogen-bond donors (Lipinski definition) is 0. The molecule has 120 valence electrons. The van der Waals surface area contributed by atoms with E-state index >= 15 is 0 Å². The van der Waals surface area contributed by atoms with E-state index in [-0.39, 0.29) is 6.09 Å². The number of benzene rings is 1. The smallest absolute Gasteiger partial charge is 0.410 e. The summed E-state index contributed by atoms with van der Waals surface area (Å²) in [6.45, 7) is 13.5. The molecule has 0 radical (unpaired) electrons. The lowest BCUT2D eigenvalue weighted by molar-refractivity contribution is 0.0268. The van der Waals surface area contributed by atoms with Crippen LogP contribution in [0.3, 0.4) is 0 Å². The topological polar surface area (TPSA) is 32.8 Å². The first kappa shape index (κ1) is 16.6. The molecule has 1 heterocycles. The van der Waals surface area contributed by atoms with Crippen LogP contribution in [0.1, 0.15) is 26.3 Å². The number of ether oxygens (including phenoxy) is 1. The lowest BCUT2D eigenvalue weighted by atomic mass is 10.2. The van der Waals surface area contributed by atoms with Crippen molar-refractivity contribution in [2.75, 3.05) is 26.2 Å². The van der Waals surface area contributed by atoms with Crippen molar-refractivity contribution in [1.82, 2.24) is 9.80 Å². The zero-order valence-corrected chi connectivity index (χ0v) is 13.8. The van der Waals surface area contributed by atoms with Crippen molar-refractivity contribution in [3.63, 3.8) is 0 Å². The second-order valence-corrected chi connectivity index (χ2v) is 6.85. The largest absolute Gasteiger partial charge is 0.444 e. The Morgan fingerprint density at radius 1 is 1.18 bits per heavy atom. The first-order valence-electron chi connectivity index (χ1n) is 7.74. The Bertz CT molecular complexity index is 520. The molecule has 1 aliphatic heterocycles. The van der Waals surface area contributed by atoms with Crippen LogP contribution in [0.2, 0.25) is 0 Å². The van der Waals surface area contributed by atoms with Crippen LogP contribution < -0.4 is 0 Å². The molecule has 1 saturated heterocycles. The van der Waals surface area contributed by atoms with Gasteiger partial charge in [-0.2, -0.15) is 0 Å². The standard InChI is InChI=1S/C18H26N2O2/c1-15-12-19(14-16-8-6-5-7-9-16)10-11-20(13-15)17(21)22-18(2,3)4/h5-9H,1,10-14H2,2-4H3. The summed E-state index contributed by atoms with van der Waals surface area (Å²) in [7, 11) is 0. The van der Waals surface area contributed by atoms with Gasteiger partial charge in [-0.1, -0.05) is 36.9 Å². The molecule has 0 saturated carbocycles. The van der Waals surface area contributed by atoms with Gasteiger partial charge < -0.3 is 9.64 Å². The predicted molar refractivity (Wildman–Crippen MR) is 88.7 cm³/mol. The van der Waals surface area contributed by atoms with Crippen molar-refractivity contribution in [2.45, 2.75) is 32.9 Å². The van der Waals surface area contributed by atoms with Crippen molar-refractivity contribution < 1.29 is 9.53 Å². The minimum absolute atomic E-state index is 0.254. The third kappa shape index (κ3) is 5.19. The Morgan fingerprint density at radius 2 is 1.86 bits per heavy atom. The molecule has 1 aliphatic rings. The molecule has 0 aliphatic carbocycles. The fourth-order valence-corrected chi connectivity index (χ4v) is 2.52. The van der Waals surface area contributed by atoms with E-state index < -0.39 is 5.60 Å². The lowest BCUT2D eigenvalue weighted by Gasteiger charge is -2.26. The van der Waals surface area contributed by atoms with Crippen molar-refractivity contribution in [3.8, 4) is 0 Å². The van der Waals surface area contributed by atoms with Crippen LogP contribution in [0.25, 0.3) is 0 Å². The van der Waals surface area contributed by atoms with E-state index in [1.807, 2.05) is 26.8 Å². The maximum Gasteiger partial charge on any atom is 0.410 e. The summed E-state index contributed by atoms with van der Waals surface area (Å²) in [6.07, 6.45) is -0.254. The van der Waals surface area contributed by atoms with Crippen LogP contribution in [-0.2, 0) is 11.3 Å². The Morgan fingerprint density at radius 3 is 2.50 bits per heavy atom. The highest BCUT2D eigenvalue weighted by molar-refractivity contribution is 5.68. The molecule has 2 rings (SSSR count). The maximum absolute atomic E-state index is 12.2. The van der Waals surface area contributed by atoms with E-state index in [0.717, 1.165) is 25.2 Å². The van der Waals surface area contributed by atoms with E-state index in [1.54, 1.807) is 4.90 Å². The SMILES string of the molecule is C=C1CN(Cc2ccccc2)CCN(C(=O)OC(C)(C)C)C1. The Labute approximate surface area is 133 Å². The number of hydrogen-bond acceptors (Lipinski definition) is 3. The second kappa shape index (κ2) is 6.97. The van der Waals surface area contributed by atoms with Gasteiger partial charge in [0, 0.05) is 32.7 Å². The first-order valence-corrected chi connectivity index (χ1v) is 7.74. The molecule has 0 aromatic heterocycles. The molecule has 0 unspecified atom stereocenters. The Hall–Kier alpha value is -1.81. The van der Waals surface area contributed by atoms with Crippen LogP contribution in [0.5, 0.6) is 0 Å². The number of amides is 1. The molecular formula is C18H26N2O2. The first-order chi connectivity index (χ1) is 10.3. The molecule has 0 spiro atoms. The summed E-state index contributed by atoms with van der Waals surface area (Å²) in [5.41, 5.74) is 1.86. The van der Waals surface area contributed by atoms with Crippen LogP contribution in [0.15, 0.2) is 42.5 Å². The molecule has 22 heavy (non-hydrogen) atoms. The van der Waals surface area contributed by atoms with E-state index in [9.17, 15) is 4.79 Å². The van der Waals surface area contributed by atoms with Gasteiger partial charge in [-0.05, 0) is 31.9 Å². The van der Waals surface area contributed by atoms with Crippen molar-refractivity contribution in [3.05, 3.63) is 48.0 Å². The highest BCUT2D eigenvalue weighted by Gasteiger charge is 2.25. The van der Waals surface area contributed by atoms with Gasteiger partial charge >= 0.3 is 6.09 Å². The van der Waals surface area contributed by atoms with Crippen LogP contribution in [-0.4, -0.2) is 47.7 Å². The number of rotatable bonds is 2. The van der Waals surface area contributed by atoms with Gasteiger partial charge in [-0.3, -0.25) is 4.90 Å². The lowest BCUT2D eigenvalue weighted by Crippen LogP contribution is -2.39. The molecule has 4 nitrogen and oxygen atoms in total. The average molecular weight is 302 g/mol.